The van der Waals surface area contributed by atoms with E-state index in [2.05, 4.69) is 87.6 Å². The molecule has 0 bridgehead atoms. The van der Waals surface area contributed by atoms with Gasteiger partial charge in [-0.1, -0.05) is 229 Å². The standard InChI is InChI=1S/C60H104O6/c1-4-7-10-13-16-19-22-25-27-29-30-31-33-35-38-41-44-47-50-53-59(62)65-56-57(55-64-58(61)52-49-46-43-40-37-34-24-21-18-15-12-9-6-3)66-60(63)54-51-48-45-42-39-36-32-28-26-23-20-17-14-11-8-5-2/h8,11,17,20,26,28-30,34,37,43,46,57H,4-7,9-10,12-16,18-19,21-25,27,31-33,35-36,38-42,44-45,47-56H2,1-3H3/b11-8+,20-17+,28-26+,30-29+,37-34+,46-43+. The SMILES string of the molecule is CC/C=C/C/C=C/C/C=C/CCCCCCCCC(=O)OC(COC(=O)CC/C=C/C/C=C/CCCCCCCC)COC(=O)CCCCCCCCC/C=C/CCCCCCCCCC. The van der Waals surface area contributed by atoms with Gasteiger partial charge in [-0.15, -0.1) is 0 Å². The van der Waals surface area contributed by atoms with E-state index in [-0.39, 0.29) is 37.5 Å². The van der Waals surface area contributed by atoms with Crippen molar-refractivity contribution in [3.63, 3.8) is 0 Å². The third-order valence-corrected chi connectivity index (χ3v) is 11.9. The van der Waals surface area contributed by atoms with E-state index in [1.807, 2.05) is 6.08 Å². The van der Waals surface area contributed by atoms with Crippen LogP contribution >= 0.6 is 0 Å². The molecule has 6 heteroatoms. The van der Waals surface area contributed by atoms with E-state index in [0.717, 1.165) is 83.5 Å². The summed E-state index contributed by atoms with van der Waals surface area (Å²) in [5, 5.41) is 0. The second-order valence-corrected chi connectivity index (χ2v) is 18.5. The van der Waals surface area contributed by atoms with Crippen LogP contribution < -0.4 is 0 Å². The van der Waals surface area contributed by atoms with Gasteiger partial charge in [-0.3, -0.25) is 14.4 Å². The molecule has 0 spiro atoms. The third kappa shape index (κ3) is 51.8. The number of esters is 3. The highest BCUT2D eigenvalue weighted by Gasteiger charge is 2.19. The number of hydrogen-bond donors (Lipinski definition) is 0. The molecule has 380 valence electrons. The van der Waals surface area contributed by atoms with Crippen LogP contribution in [-0.4, -0.2) is 37.2 Å². The van der Waals surface area contributed by atoms with Crippen molar-refractivity contribution in [3.8, 4) is 0 Å². The van der Waals surface area contributed by atoms with Crippen molar-refractivity contribution in [2.45, 2.75) is 277 Å². The molecule has 0 heterocycles. The lowest BCUT2D eigenvalue weighted by Crippen LogP contribution is -2.30. The fourth-order valence-corrected chi connectivity index (χ4v) is 7.74. The quantitative estimate of drug-likeness (QED) is 0.0262. The van der Waals surface area contributed by atoms with Gasteiger partial charge in [0.15, 0.2) is 6.10 Å². The molecule has 6 nitrogen and oxygen atoms in total. The van der Waals surface area contributed by atoms with E-state index in [0.29, 0.717) is 19.3 Å². The molecule has 0 aliphatic carbocycles. The molecule has 0 saturated carbocycles. The summed E-state index contributed by atoms with van der Waals surface area (Å²) in [6.07, 6.45) is 69.0. The third-order valence-electron chi connectivity index (χ3n) is 11.9. The zero-order valence-corrected chi connectivity index (χ0v) is 43.4. The molecule has 0 amide bonds. The monoisotopic (exact) mass is 921 g/mol. The minimum absolute atomic E-state index is 0.0998. The first-order valence-electron chi connectivity index (χ1n) is 27.9. The van der Waals surface area contributed by atoms with Gasteiger partial charge in [0.1, 0.15) is 13.2 Å². The lowest BCUT2D eigenvalue weighted by molar-refractivity contribution is -0.166. The molecule has 0 rings (SSSR count). The predicted octanol–water partition coefficient (Wildman–Crippen LogP) is 18.6. The molecule has 0 radical (unpaired) electrons. The van der Waals surface area contributed by atoms with Crippen LogP contribution in [0.25, 0.3) is 0 Å². The summed E-state index contributed by atoms with van der Waals surface area (Å²) in [4.78, 5) is 38.0. The van der Waals surface area contributed by atoms with Gasteiger partial charge in [-0.05, 0) is 96.3 Å². The Morgan fingerprint density at radius 1 is 0.318 bits per heavy atom. The van der Waals surface area contributed by atoms with Crippen LogP contribution in [0.15, 0.2) is 72.9 Å². The Morgan fingerprint density at radius 2 is 0.621 bits per heavy atom. The summed E-state index contributed by atoms with van der Waals surface area (Å²) in [5.74, 6) is -0.982. The Balaban J connectivity index is 4.42. The molecule has 66 heavy (non-hydrogen) atoms. The number of rotatable bonds is 50. The molecule has 0 aromatic rings. The van der Waals surface area contributed by atoms with Crippen LogP contribution in [0, 0.1) is 0 Å². The summed E-state index contributed by atoms with van der Waals surface area (Å²) in [5.41, 5.74) is 0. The Kier molecular flexibility index (Phi) is 51.9. The summed E-state index contributed by atoms with van der Waals surface area (Å²) in [6.45, 7) is 6.47. The lowest BCUT2D eigenvalue weighted by atomic mass is 10.1. The molecule has 0 aromatic carbocycles. The van der Waals surface area contributed by atoms with Gasteiger partial charge >= 0.3 is 17.9 Å². The second kappa shape index (κ2) is 54.5. The molecule has 0 fully saturated rings. The van der Waals surface area contributed by atoms with Crippen molar-refractivity contribution < 1.29 is 28.6 Å². The molecule has 0 saturated heterocycles. The van der Waals surface area contributed by atoms with Crippen LogP contribution in [-0.2, 0) is 28.6 Å². The zero-order chi connectivity index (χ0) is 47.9. The Morgan fingerprint density at radius 3 is 1.03 bits per heavy atom. The van der Waals surface area contributed by atoms with Gasteiger partial charge in [0.2, 0.25) is 0 Å². The average Bonchev–Trinajstić information content (AvgIpc) is 3.31. The van der Waals surface area contributed by atoms with Crippen LogP contribution in [0.5, 0.6) is 0 Å². The van der Waals surface area contributed by atoms with Gasteiger partial charge < -0.3 is 14.2 Å². The topological polar surface area (TPSA) is 78.9 Å². The molecule has 0 aliphatic heterocycles. The van der Waals surface area contributed by atoms with E-state index in [1.165, 1.54) is 141 Å². The summed E-state index contributed by atoms with van der Waals surface area (Å²) in [7, 11) is 0. The van der Waals surface area contributed by atoms with Crippen LogP contribution in [0.4, 0.5) is 0 Å². The molecular formula is C60H104O6. The second-order valence-electron chi connectivity index (χ2n) is 18.5. The van der Waals surface area contributed by atoms with Crippen LogP contribution in [0.2, 0.25) is 0 Å². The first-order valence-corrected chi connectivity index (χ1v) is 27.9. The van der Waals surface area contributed by atoms with Gasteiger partial charge in [-0.2, -0.15) is 0 Å². The number of carbonyl (C=O) groups excluding carboxylic acids is 3. The Bertz CT molecular complexity index is 1240. The minimum Gasteiger partial charge on any atom is -0.462 e. The zero-order valence-electron chi connectivity index (χ0n) is 43.4. The van der Waals surface area contributed by atoms with E-state index in [9.17, 15) is 14.4 Å². The summed E-state index contributed by atoms with van der Waals surface area (Å²) in [6, 6.07) is 0. The van der Waals surface area contributed by atoms with Crippen molar-refractivity contribution in [3.05, 3.63) is 72.9 Å². The minimum atomic E-state index is -0.806. The van der Waals surface area contributed by atoms with Gasteiger partial charge in [0.05, 0.1) is 0 Å². The normalized spacial score (nSPS) is 12.6. The van der Waals surface area contributed by atoms with Gasteiger partial charge in [0, 0.05) is 19.3 Å². The number of hydrogen-bond acceptors (Lipinski definition) is 6. The molecular weight excluding hydrogens is 817 g/mol. The molecule has 1 atom stereocenters. The first kappa shape index (κ1) is 62.8. The van der Waals surface area contributed by atoms with E-state index >= 15 is 0 Å². The molecule has 0 N–H and O–H groups in total. The predicted molar refractivity (Wildman–Crippen MR) is 284 cm³/mol. The number of ether oxygens (including phenoxy) is 3. The van der Waals surface area contributed by atoms with Crippen molar-refractivity contribution >= 4 is 17.9 Å². The number of allylic oxidation sites excluding steroid dienone is 12. The highest BCUT2D eigenvalue weighted by Crippen LogP contribution is 2.14. The van der Waals surface area contributed by atoms with Crippen molar-refractivity contribution in [2.75, 3.05) is 13.2 Å². The van der Waals surface area contributed by atoms with Gasteiger partial charge in [0.25, 0.3) is 0 Å². The molecule has 1 unspecified atom stereocenters. The smallest absolute Gasteiger partial charge is 0.306 e. The lowest BCUT2D eigenvalue weighted by Gasteiger charge is -2.18. The summed E-state index contributed by atoms with van der Waals surface area (Å²) >= 11 is 0. The van der Waals surface area contributed by atoms with Gasteiger partial charge in [-0.25, -0.2) is 0 Å². The molecule has 0 aliphatic rings. The highest BCUT2D eigenvalue weighted by atomic mass is 16.6. The Labute approximate surface area is 408 Å². The Hall–Kier alpha value is -3.15. The van der Waals surface area contributed by atoms with E-state index < -0.39 is 6.10 Å². The maximum absolute atomic E-state index is 12.8. The van der Waals surface area contributed by atoms with Crippen LogP contribution in [0.3, 0.4) is 0 Å². The van der Waals surface area contributed by atoms with Crippen molar-refractivity contribution in [1.29, 1.82) is 0 Å². The summed E-state index contributed by atoms with van der Waals surface area (Å²) < 4.78 is 16.8. The fourth-order valence-electron chi connectivity index (χ4n) is 7.74. The number of unbranched alkanes of at least 4 members (excludes halogenated alkanes) is 27. The highest BCUT2D eigenvalue weighted by molar-refractivity contribution is 5.71. The maximum Gasteiger partial charge on any atom is 0.306 e. The first-order chi connectivity index (χ1) is 32.5. The number of carbonyl (C=O) groups is 3. The van der Waals surface area contributed by atoms with E-state index in [1.54, 1.807) is 0 Å². The fraction of sp³-hybridized carbons (Fsp3) is 0.750. The largest absolute Gasteiger partial charge is 0.462 e. The molecule has 0 aromatic heterocycles. The average molecular weight is 921 g/mol. The maximum atomic E-state index is 12.8. The van der Waals surface area contributed by atoms with Crippen molar-refractivity contribution in [2.24, 2.45) is 0 Å². The van der Waals surface area contributed by atoms with E-state index in [4.69, 9.17) is 14.2 Å². The van der Waals surface area contributed by atoms with Crippen LogP contribution in [0.1, 0.15) is 271 Å². The van der Waals surface area contributed by atoms with Crippen molar-refractivity contribution in [1.82, 2.24) is 0 Å².